The van der Waals surface area contributed by atoms with Crippen molar-refractivity contribution in [2.24, 2.45) is 11.8 Å². The number of halogens is 4. The predicted molar refractivity (Wildman–Crippen MR) is 175 cm³/mol. The van der Waals surface area contributed by atoms with Crippen molar-refractivity contribution in [3.8, 4) is 0 Å². The van der Waals surface area contributed by atoms with E-state index in [0.29, 0.717) is 50.9 Å². The summed E-state index contributed by atoms with van der Waals surface area (Å²) in [6, 6.07) is 9.65. The Morgan fingerprint density at radius 1 is 0.957 bits per heavy atom. The second kappa shape index (κ2) is 13.9. The zero-order valence-electron chi connectivity index (χ0n) is 26.0. The van der Waals surface area contributed by atoms with Crippen LogP contribution in [0.5, 0.6) is 0 Å². The Hall–Kier alpha value is -3.52. The lowest BCUT2D eigenvalue weighted by Gasteiger charge is -2.39. The van der Waals surface area contributed by atoms with Gasteiger partial charge in [-0.25, -0.2) is 9.59 Å². The Labute approximate surface area is 278 Å². The van der Waals surface area contributed by atoms with E-state index in [0.717, 1.165) is 55.9 Å². The molecule has 1 atom stereocenters. The molecule has 0 aliphatic carbocycles. The number of para-hydroxylation sites is 2. The molecule has 2 amide bonds. The molecule has 1 aromatic heterocycles. The largest absolute Gasteiger partial charge is 0.436 e. The Bertz CT molecular complexity index is 1650. The van der Waals surface area contributed by atoms with Crippen LogP contribution in [0.15, 0.2) is 45.7 Å². The van der Waals surface area contributed by atoms with E-state index >= 15 is 0 Å². The number of nitrogens with one attached hydrogen (secondary N) is 2. The molecule has 6 rings (SSSR count). The number of ether oxygens (including phenoxy) is 1. The number of hydrogen-bond donors (Lipinski definition) is 3. The first-order chi connectivity index (χ1) is 22.5. The zero-order chi connectivity index (χ0) is 33.3. The minimum absolute atomic E-state index is 0.0530. The highest BCUT2D eigenvalue weighted by Crippen LogP contribution is 2.38. The van der Waals surface area contributed by atoms with Crippen LogP contribution < -0.4 is 16.7 Å². The van der Waals surface area contributed by atoms with Gasteiger partial charge in [0, 0.05) is 43.1 Å². The van der Waals surface area contributed by atoms with Crippen LogP contribution in [0, 0.1) is 11.8 Å². The first-order valence-electron chi connectivity index (χ1n) is 16.3. The van der Waals surface area contributed by atoms with Crippen molar-refractivity contribution in [3.05, 3.63) is 62.5 Å². The van der Waals surface area contributed by atoms with E-state index in [1.807, 2.05) is 24.3 Å². The van der Waals surface area contributed by atoms with E-state index in [2.05, 4.69) is 26.2 Å². The molecule has 14 heteroatoms. The number of piperidine rings is 3. The van der Waals surface area contributed by atoms with Crippen molar-refractivity contribution in [2.75, 3.05) is 45.0 Å². The molecular formula is C33H40BrF3N6O4. The predicted octanol–water partition coefficient (Wildman–Crippen LogP) is 5.32. The van der Waals surface area contributed by atoms with Crippen molar-refractivity contribution in [2.45, 2.75) is 63.3 Å². The minimum atomic E-state index is -4.70. The molecule has 0 radical (unpaired) electrons. The van der Waals surface area contributed by atoms with Gasteiger partial charge in [-0.2, -0.15) is 13.2 Å². The van der Waals surface area contributed by atoms with Gasteiger partial charge in [-0.05, 0) is 109 Å². The number of anilines is 1. The van der Waals surface area contributed by atoms with E-state index in [4.69, 9.17) is 10.5 Å². The van der Waals surface area contributed by atoms with Gasteiger partial charge in [-0.3, -0.25) is 9.36 Å². The quantitative estimate of drug-likeness (QED) is 0.296. The van der Waals surface area contributed by atoms with Gasteiger partial charge >= 0.3 is 18.0 Å². The van der Waals surface area contributed by atoms with Crippen LogP contribution in [0.4, 0.5) is 23.7 Å². The lowest BCUT2D eigenvalue weighted by atomic mass is 9.79. The van der Waals surface area contributed by atoms with E-state index in [-0.39, 0.29) is 28.2 Å². The lowest BCUT2D eigenvalue weighted by molar-refractivity contribution is -0.142. The van der Waals surface area contributed by atoms with Gasteiger partial charge in [-0.1, -0.05) is 12.1 Å². The van der Waals surface area contributed by atoms with Crippen molar-refractivity contribution < 1.29 is 27.5 Å². The van der Waals surface area contributed by atoms with E-state index in [1.165, 1.54) is 11.0 Å². The van der Waals surface area contributed by atoms with Gasteiger partial charge in [0.05, 0.1) is 22.3 Å². The van der Waals surface area contributed by atoms with Crippen molar-refractivity contribution in [1.82, 2.24) is 24.7 Å². The number of fused-ring (bicyclic) bond motifs is 1. The number of benzene rings is 2. The summed E-state index contributed by atoms with van der Waals surface area (Å²) in [5.74, 6) is 0.706. The van der Waals surface area contributed by atoms with E-state index < -0.39 is 35.5 Å². The number of aromatic nitrogens is 2. The molecule has 4 heterocycles. The van der Waals surface area contributed by atoms with Crippen molar-refractivity contribution in [3.63, 3.8) is 0 Å². The number of imidazole rings is 1. The maximum atomic E-state index is 13.9. The third-order valence-electron chi connectivity index (χ3n) is 10.0. The molecule has 4 N–H and O–H groups in total. The third kappa shape index (κ3) is 7.33. The number of carbonyl (C=O) groups is 2. The number of nitrogens with zero attached hydrogens (tertiary/aromatic N) is 3. The van der Waals surface area contributed by atoms with Crippen LogP contribution in [0.1, 0.15) is 55.7 Å². The molecule has 0 saturated carbocycles. The molecule has 10 nitrogen and oxygen atoms in total. The number of amides is 2. The summed E-state index contributed by atoms with van der Waals surface area (Å²) in [6.07, 6.45) is -2.07. The van der Waals surface area contributed by atoms with Crippen LogP contribution in [0.3, 0.4) is 0 Å². The van der Waals surface area contributed by atoms with Crippen LogP contribution >= 0.6 is 15.9 Å². The average molecular weight is 722 g/mol. The second-order valence-electron chi connectivity index (χ2n) is 12.9. The minimum Gasteiger partial charge on any atom is -0.436 e. The molecule has 0 unspecified atom stereocenters. The fourth-order valence-corrected chi connectivity index (χ4v) is 7.98. The Balaban J connectivity index is 1.16. The zero-order valence-corrected chi connectivity index (χ0v) is 27.6. The monoisotopic (exact) mass is 720 g/mol. The summed E-state index contributed by atoms with van der Waals surface area (Å²) in [7, 11) is 0. The summed E-state index contributed by atoms with van der Waals surface area (Å²) >= 11 is 3.13. The number of hydrogen-bond acceptors (Lipinski definition) is 6. The van der Waals surface area contributed by atoms with Gasteiger partial charge in [-0.15, -0.1) is 0 Å². The molecule has 0 bridgehead atoms. The number of nitrogen functional groups attached to an aromatic ring is 1. The Morgan fingerprint density at radius 3 is 2.28 bits per heavy atom. The van der Waals surface area contributed by atoms with Gasteiger partial charge in [0.15, 0.2) is 6.10 Å². The van der Waals surface area contributed by atoms with Gasteiger partial charge in [0.2, 0.25) is 0 Å². The van der Waals surface area contributed by atoms with Crippen LogP contribution in [-0.4, -0.2) is 76.7 Å². The molecule has 3 aromatic rings. The number of alkyl halides is 3. The SMILES string of the molecule is Nc1c(Br)cc(C[C@@H](OC(=O)N2CCC(n3c(=O)[nH]c4ccccc43)CC2)C(=O)N2CCC(C3CCNCC3)CC2)cc1C(F)(F)F. The molecule has 3 aliphatic heterocycles. The number of carbonyl (C=O) groups excluding carboxylic acids is 2. The fraction of sp³-hybridized carbons (Fsp3) is 0.545. The molecule has 3 saturated heterocycles. The van der Waals surface area contributed by atoms with Crippen molar-refractivity contribution >= 4 is 44.7 Å². The lowest BCUT2D eigenvalue weighted by Crippen LogP contribution is -2.49. The number of likely N-dealkylation sites (tertiary alicyclic amines) is 2. The summed E-state index contributed by atoms with van der Waals surface area (Å²) < 4.78 is 49.0. The molecule has 0 spiro atoms. The van der Waals surface area contributed by atoms with E-state index in [9.17, 15) is 27.6 Å². The standard InChI is InChI=1S/C33H40BrF3N6O4/c34-25-18-20(17-24(29(25)38)33(35,36)37)19-28(30(44)41-13-7-22(8-14-41)21-5-11-39-12-6-21)47-32(46)42-15-9-23(10-16-42)43-27-4-2-1-3-26(27)40-31(43)45/h1-4,17-18,21-23,28,39H,5-16,19,38H2,(H,40,45)/t28-/m1/s1. The molecule has 2 aromatic carbocycles. The van der Waals surface area contributed by atoms with Gasteiger partial charge in [0.1, 0.15) is 0 Å². The van der Waals surface area contributed by atoms with Crippen LogP contribution in [0.2, 0.25) is 0 Å². The smallest absolute Gasteiger partial charge is 0.418 e. The van der Waals surface area contributed by atoms with Crippen molar-refractivity contribution in [1.29, 1.82) is 0 Å². The summed E-state index contributed by atoms with van der Waals surface area (Å²) in [4.78, 5) is 46.2. The average Bonchev–Trinajstić information content (AvgIpc) is 3.41. The highest BCUT2D eigenvalue weighted by molar-refractivity contribution is 9.10. The molecule has 254 valence electrons. The topological polar surface area (TPSA) is 126 Å². The first-order valence-corrected chi connectivity index (χ1v) is 17.1. The normalized spacial score (nSPS) is 19.7. The van der Waals surface area contributed by atoms with Gasteiger partial charge in [0.25, 0.3) is 5.91 Å². The second-order valence-corrected chi connectivity index (χ2v) is 13.8. The Morgan fingerprint density at radius 2 is 1.60 bits per heavy atom. The number of aromatic amines is 1. The molecule has 47 heavy (non-hydrogen) atoms. The number of H-pyrrole nitrogens is 1. The molecular weight excluding hydrogens is 681 g/mol. The van der Waals surface area contributed by atoms with Crippen LogP contribution in [-0.2, 0) is 22.1 Å². The highest BCUT2D eigenvalue weighted by atomic mass is 79.9. The van der Waals surface area contributed by atoms with Crippen LogP contribution in [0.25, 0.3) is 11.0 Å². The fourth-order valence-electron chi connectivity index (χ4n) is 7.47. The summed E-state index contributed by atoms with van der Waals surface area (Å²) in [5, 5.41) is 3.39. The molecule has 3 aliphatic rings. The molecule has 3 fully saturated rings. The van der Waals surface area contributed by atoms with E-state index in [1.54, 1.807) is 9.47 Å². The third-order valence-corrected chi connectivity index (χ3v) is 10.7. The Kier molecular flexibility index (Phi) is 9.88. The highest BCUT2D eigenvalue weighted by Gasteiger charge is 2.38. The summed E-state index contributed by atoms with van der Waals surface area (Å²) in [5.41, 5.74) is 5.75. The summed E-state index contributed by atoms with van der Waals surface area (Å²) in [6.45, 7) is 3.59. The maximum absolute atomic E-state index is 13.9. The number of nitrogens with two attached hydrogens (primary N) is 1. The first kappa shape index (κ1) is 33.4. The maximum Gasteiger partial charge on any atom is 0.418 e. The van der Waals surface area contributed by atoms with Gasteiger partial charge < -0.3 is 30.6 Å². The number of rotatable bonds is 6.